The van der Waals surface area contributed by atoms with E-state index >= 15 is 0 Å². The lowest BCUT2D eigenvalue weighted by Gasteiger charge is -2.30. The Bertz CT molecular complexity index is 1080. The fourth-order valence-corrected chi connectivity index (χ4v) is 4.01. The molecule has 0 N–H and O–H groups in total. The van der Waals surface area contributed by atoms with E-state index in [1.807, 2.05) is 53.0 Å². The van der Waals surface area contributed by atoms with Crippen LogP contribution in [0.25, 0.3) is 16.8 Å². The second kappa shape index (κ2) is 7.16. The maximum atomic E-state index is 4.81. The van der Waals surface area contributed by atoms with Crippen molar-refractivity contribution in [1.82, 2.24) is 34.3 Å². The van der Waals surface area contributed by atoms with E-state index in [0.29, 0.717) is 5.92 Å². The maximum Gasteiger partial charge on any atom is 0.156 e. The van der Waals surface area contributed by atoms with Crippen molar-refractivity contribution >= 4 is 5.65 Å². The number of likely N-dealkylation sites (tertiary alicyclic amines) is 1. The number of aromatic nitrogens is 6. The first-order valence-electron chi connectivity index (χ1n) is 9.71. The minimum Gasteiger partial charge on any atom is -0.298 e. The second-order valence-electron chi connectivity index (χ2n) is 7.52. The topological polar surface area (TPSA) is 64.1 Å². The lowest BCUT2D eigenvalue weighted by atomic mass is 9.97. The summed E-state index contributed by atoms with van der Waals surface area (Å²) in [6.07, 6.45) is 12.0. The highest BCUT2D eigenvalue weighted by Crippen LogP contribution is 2.27. The van der Waals surface area contributed by atoms with E-state index in [2.05, 4.69) is 33.4 Å². The summed E-state index contributed by atoms with van der Waals surface area (Å²) in [5.41, 5.74) is 4.41. The van der Waals surface area contributed by atoms with Gasteiger partial charge < -0.3 is 0 Å². The molecule has 142 valence electrons. The normalized spacial score (nSPS) is 18.0. The summed E-state index contributed by atoms with van der Waals surface area (Å²) >= 11 is 0. The van der Waals surface area contributed by atoms with E-state index in [-0.39, 0.29) is 0 Å². The Morgan fingerprint density at radius 2 is 1.96 bits per heavy atom. The first-order chi connectivity index (χ1) is 13.7. The van der Waals surface area contributed by atoms with Gasteiger partial charge in [-0.05, 0) is 49.2 Å². The smallest absolute Gasteiger partial charge is 0.156 e. The third kappa shape index (κ3) is 3.41. The van der Waals surface area contributed by atoms with Gasteiger partial charge in [0.1, 0.15) is 0 Å². The van der Waals surface area contributed by atoms with Crippen LogP contribution in [0.2, 0.25) is 0 Å². The highest BCUT2D eigenvalue weighted by molar-refractivity contribution is 5.63. The molecule has 0 spiro atoms. The van der Waals surface area contributed by atoms with Gasteiger partial charge in [0.2, 0.25) is 0 Å². The third-order valence-electron chi connectivity index (χ3n) is 5.40. The summed E-state index contributed by atoms with van der Waals surface area (Å²) in [5.74, 6) is 1.32. The number of nitrogens with zero attached hydrogens (tertiary/aromatic N) is 7. The fourth-order valence-electron chi connectivity index (χ4n) is 4.01. The van der Waals surface area contributed by atoms with Gasteiger partial charge in [0, 0.05) is 62.0 Å². The van der Waals surface area contributed by atoms with E-state index in [1.54, 1.807) is 0 Å². The Labute approximate surface area is 163 Å². The van der Waals surface area contributed by atoms with Gasteiger partial charge in [-0.2, -0.15) is 10.2 Å². The summed E-state index contributed by atoms with van der Waals surface area (Å²) < 4.78 is 3.77. The lowest BCUT2D eigenvalue weighted by molar-refractivity contribution is 0.196. The molecule has 0 saturated carbocycles. The molecule has 1 fully saturated rings. The molecule has 0 amide bonds. The van der Waals surface area contributed by atoms with Gasteiger partial charge in [0.15, 0.2) is 11.5 Å². The van der Waals surface area contributed by atoms with Crippen LogP contribution in [0.1, 0.15) is 30.1 Å². The molecule has 0 radical (unpaired) electrons. The monoisotopic (exact) mass is 373 g/mol. The van der Waals surface area contributed by atoms with E-state index in [1.165, 1.54) is 12.0 Å². The Morgan fingerprint density at radius 3 is 2.79 bits per heavy atom. The number of fused-ring (bicyclic) bond motifs is 1. The molecule has 4 aromatic heterocycles. The molecule has 5 heterocycles. The third-order valence-corrected chi connectivity index (χ3v) is 5.40. The van der Waals surface area contributed by atoms with Crippen LogP contribution in [0, 0.1) is 0 Å². The molecule has 7 nitrogen and oxygen atoms in total. The Kier molecular flexibility index (Phi) is 4.37. The van der Waals surface area contributed by atoms with Gasteiger partial charge in [-0.15, -0.1) is 0 Å². The van der Waals surface area contributed by atoms with Crippen molar-refractivity contribution in [2.75, 3.05) is 13.1 Å². The molecule has 28 heavy (non-hydrogen) atoms. The molecular weight excluding hydrogens is 350 g/mol. The predicted octanol–water partition coefficient (Wildman–Crippen LogP) is 2.90. The predicted molar refractivity (Wildman–Crippen MR) is 107 cm³/mol. The summed E-state index contributed by atoms with van der Waals surface area (Å²) in [6, 6.07) is 8.16. The molecule has 1 aliphatic rings. The summed E-state index contributed by atoms with van der Waals surface area (Å²) in [4.78, 5) is 11.4. The molecule has 5 rings (SSSR count). The molecule has 7 heteroatoms. The van der Waals surface area contributed by atoms with Crippen LogP contribution < -0.4 is 0 Å². The summed E-state index contributed by atoms with van der Waals surface area (Å²) in [7, 11) is 1.96. The van der Waals surface area contributed by atoms with Gasteiger partial charge in [0.25, 0.3) is 0 Å². The molecule has 0 aliphatic carbocycles. The largest absolute Gasteiger partial charge is 0.298 e. The van der Waals surface area contributed by atoms with Crippen molar-refractivity contribution in [2.45, 2.75) is 25.3 Å². The quantitative estimate of drug-likeness (QED) is 0.550. The van der Waals surface area contributed by atoms with E-state index in [4.69, 9.17) is 10.1 Å². The van der Waals surface area contributed by atoms with Crippen LogP contribution >= 0.6 is 0 Å². The summed E-state index contributed by atoms with van der Waals surface area (Å²) in [6.45, 7) is 3.04. The van der Waals surface area contributed by atoms with Gasteiger partial charge in [-0.25, -0.2) is 9.50 Å². The average Bonchev–Trinajstić information content (AvgIpc) is 3.34. The molecule has 1 atom stereocenters. The number of aryl methyl sites for hydroxylation is 1. The highest BCUT2D eigenvalue weighted by atomic mass is 15.3. The number of hydrogen-bond donors (Lipinski definition) is 0. The van der Waals surface area contributed by atoms with Crippen LogP contribution in [-0.4, -0.2) is 47.4 Å². The number of pyridine rings is 2. The van der Waals surface area contributed by atoms with Crippen LogP contribution in [0.4, 0.5) is 0 Å². The number of piperidine rings is 1. The van der Waals surface area contributed by atoms with E-state index < -0.39 is 0 Å². The molecular formula is C21H23N7. The molecule has 0 aromatic carbocycles. The Hall–Kier alpha value is -3.06. The van der Waals surface area contributed by atoms with Gasteiger partial charge in [-0.3, -0.25) is 14.6 Å². The van der Waals surface area contributed by atoms with Crippen molar-refractivity contribution in [3.05, 3.63) is 66.6 Å². The number of rotatable bonds is 4. The zero-order chi connectivity index (χ0) is 18.9. The van der Waals surface area contributed by atoms with Gasteiger partial charge in [-0.1, -0.05) is 0 Å². The highest BCUT2D eigenvalue weighted by Gasteiger charge is 2.25. The van der Waals surface area contributed by atoms with E-state index in [0.717, 1.165) is 48.7 Å². The number of hydrogen-bond acceptors (Lipinski definition) is 5. The van der Waals surface area contributed by atoms with E-state index in [9.17, 15) is 0 Å². The van der Waals surface area contributed by atoms with Crippen molar-refractivity contribution in [1.29, 1.82) is 0 Å². The first-order valence-corrected chi connectivity index (χ1v) is 9.71. The van der Waals surface area contributed by atoms with Crippen molar-refractivity contribution in [3.63, 3.8) is 0 Å². The van der Waals surface area contributed by atoms with Crippen molar-refractivity contribution < 1.29 is 0 Å². The van der Waals surface area contributed by atoms with Crippen LogP contribution in [-0.2, 0) is 13.6 Å². The zero-order valence-corrected chi connectivity index (χ0v) is 15.9. The lowest BCUT2D eigenvalue weighted by Crippen LogP contribution is -2.34. The summed E-state index contributed by atoms with van der Waals surface area (Å²) in [5, 5.41) is 9.09. The van der Waals surface area contributed by atoms with Gasteiger partial charge >= 0.3 is 0 Å². The zero-order valence-electron chi connectivity index (χ0n) is 15.9. The molecule has 0 unspecified atom stereocenters. The van der Waals surface area contributed by atoms with Crippen LogP contribution in [0.5, 0.6) is 0 Å². The van der Waals surface area contributed by atoms with Crippen LogP contribution in [0.15, 0.2) is 55.2 Å². The second-order valence-corrected chi connectivity index (χ2v) is 7.52. The van der Waals surface area contributed by atoms with Crippen LogP contribution in [0.3, 0.4) is 0 Å². The first kappa shape index (κ1) is 17.1. The van der Waals surface area contributed by atoms with Crippen molar-refractivity contribution in [2.24, 2.45) is 7.05 Å². The Balaban J connectivity index is 1.36. The minimum absolute atomic E-state index is 0.370. The SMILES string of the molecule is Cn1cc(CN2CCC[C@@H](c3nc4ccc(-c5ccncc5)cn4n3)C2)cn1. The average molecular weight is 373 g/mol. The Morgan fingerprint density at radius 1 is 1.07 bits per heavy atom. The molecule has 0 bridgehead atoms. The maximum absolute atomic E-state index is 4.81. The minimum atomic E-state index is 0.370. The van der Waals surface area contributed by atoms with Gasteiger partial charge in [0.05, 0.1) is 6.20 Å². The molecule has 1 saturated heterocycles. The molecule has 1 aliphatic heterocycles. The standard InChI is InChI=1S/C21H23N7/c1-26-12-16(11-23-26)13-27-10-2-3-19(14-27)21-24-20-5-4-18(15-28(20)25-21)17-6-8-22-9-7-17/h4-9,11-12,15,19H,2-3,10,13-14H2,1H3/t19-/m1/s1. The molecule has 4 aromatic rings. The van der Waals surface area contributed by atoms with Crippen molar-refractivity contribution in [3.8, 4) is 11.1 Å². The fraction of sp³-hybridized carbons (Fsp3) is 0.333.